The van der Waals surface area contributed by atoms with E-state index in [2.05, 4.69) is 33.4 Å². The lowest BCUT2D eigenvalue weighted by molar-refractivity contribution is 0.102. The first-order valence-corrected chi connectivity index (χ1v) is 8.19. The molecule has 6 heteroatoms. The third-order valence-electron chi connectivity index (χ3n) is 3.85. The molecule has 0 spiro atoms. The predicted octanol–water partition coefficient (Wildman–Crippen LogP) is 4.29. The minimum atomic E-state index is -0.374. The average molecular weight is 360 g/mol. The van der Waals surface area contributed by atoms with Gasteiger partial charge in [-0.2, -0.15) is 0 Å². The standard InChI is InChI=1S/C21H18N4O2.H2/c1-4-7-14(5-2)17-12-18(27-3)16(13-23-17)21(26)25-19-10-9-15-8-6-11-22-20(15)24-19;/h4-13H,1-2H2,3H3,(H,22,24,25,26);1H/b14-7+;. The van der Waals surface area contributed by atoms with Crippen LogP contribution in [0.1, 0.15) is 17.5 Å². The van der Waals surface area contributed by atoms with Crippen molar-refractivity contribution in [3.63, 3.8) is 0 Å². The number of carbonyl (C=O) groups excluding carboxylic acids is 1. The summed E-state index contributed by atoms with van der Waals surface area (Å²) < 4.78 is 5.37. The van der Waals surface area contributed by atoms with Crippen LogP contribution in [0.2, 0.25) is 0 Å². The summed E-state index contributed by atoms with van der Waals surface area (Å²) in [5, 5.41) is 3.65. The Morgan fingerprint density at radius 3 is 2.85 bits per heavy atom. The molecule has 136 valence electrons. The van der Waals surface area contributed by atoms with Crippen LogP contribution in [-0.4, -0.2) is 28.0 Å². The SMILES string of the molecule is C=C/C=C(\C=C)c1cc(OC)c(C(=O)Nc2ccc3cccnc3n2)cn1.[HH]. The van der Waals surface area contributed by atoms with Crippen molar-refractivity contribution in [3.05, 3.63) is 85.4 Å². The van der Waals surface area contributed by atoms with Crippen molar-refractivity contribution < 1.29 is 11.0 Å². The van der Waals surface area contributed by atoms with Gasteiger partial charge in [-0.25, -0.2) is 9.97 Å². The molecule has 0 saturated heterocycles. The molecular weight excluding hydrogens is 340 g/mol. The fourth-order valence-corrected chi connectivity index (χ4v) is 2.53. The number of aromatic nitrogens is 3. The van der Waals surface area contributed by atoms with Gasteiger partial charge >= 0.3 is 0 Å². The fourth-order valence-electron chi connectivity index (χ4n) is 2.53. The number of carbonyl (C=O) groups is 1. The summed E-state index contributed by atoms with van der Waals surface area (Å²) in [6.45, 7) is 7.43. The number of rotatable bonds is 6. The molecule has 27 heavy (non-hydrogen) atoms. The van der Waals surface area contributed by atoms with Gasteiger partial charge in [0, 0.05) is 25.3 Å². The smallest absolute Gasteiger partial charge is 0.262 e. The molecule has 3 heterocycles. The van der Waals surface area contributed by atoms with Gasteiger partial charge in [0.25, 0.3) is 5.91 Å². The van der Waals surface area contributed by atoms with Gasteiger partial charge in [-0.1, -0.05) is 31.4 Å². The third-order valence-corrected chi connectivity index (χ3v) is 3.85. The van der Waals surface area contributed by atoms with Gasteiger partial charge in [-0.05, 0) is 29.8 Å². The molecule has 0 aliphatic rings. The van der Waals surface area contributed by atoms with E-state index in [1.165, 1.54) is 13.3 Å². The number of nitrogens with one attached hydrogen (secondary N) is 1. The molecule has 0 aromatic carbocycles. The van der Waals surface area contributed by atoms with E-state index >= 15 is 0 Å². The number of hydrogen-bond acceptors (Lipinski definition) is 5. The zero-order valence-electron chi connectivity index (χ0n) is 14.8. The Labute approximate surface area is 158 Å². The normalized spacial score (nSPS) is 11.1. The maximum Gasteiger partial charge on any atom is 0.262 e. The summed E-state index contributed by atoms with van der Waals surface area (Å²) in [4.78, 5) is 25.5. The van der Waals surface area contributed by atoms with Crippen molar-refractivity contribution in [2.45, 2.75) is 0 Å². The summed E-state index contributed by atoms with van der Waals surface area (Å²) in [5.74, 6) is 0.422. The Morgan fingerprint density at radius 1 is 1.26 bits per heavy atom. The largest absolute Gasteiger partial charge is 0.496 e. The van der Waals surface area contributed by atoms with Crippen molar-refractivity contribution in [1.82, 2.24) is 15.0 Å². The topological polar surface area (TPSA) is 77.0 Å². The lowest BCUT2D eigenvalue weighted by Gasteiger charge is -2.11. The van der Waals surface area contributed by atoms with Crippen LogP contribution in [-0.2, 0) is 0 Å². The highest BCUT2D eigenvalue weighted by molar-refractivity contribution is 6.06. The molecule has 0 radical (unpaired) electrons. The first kappa shape index (κ1) is 18.0. The monoisotopic (exact) mass is 360 g/mol. The second kappa shape index (κ2) is 8.05. The minimum Gasteiger partial charge on any atom is -0.496 e. The quantitative estimate of drug-likeness (QED) is 0.664. The fraction of sp³-hybridized carbons (Fsp3) is 0.0476. The lowest BCUT2D eigenvalue weighted by Crippen LogP contribution is -2.15. The van der Waals surface area contributed by atoms with E-state index < -0.39 is 0 Å². The molecule has 1 amide bonds. The number of amides is 1. The van der Waals surface area contributed by atoms with Gasteiger partial charge < -0.3 is 10.1 Å². The Hall–Kier alpha value is -3.80. The van der Waals surface area contributed by atoms with Crippen LogP contribution in [0.4, 0.5) is 5.82 Å². The second-order valence-electron chi connectivity index (χ2n) is 5.53. The molecule has 0 atom stereocenters. The van der Waals surface area contributed by atoms with Crippen molar-refractivity contribution >= 4 is 28.3 Å². The third kappa shape index (κ3) is 3.90. The number of methoxy groups -OCH3 is 1. The van der Waals surface area contributed by atoms with Gasteiger partial charge in [0.1, 0.15) is 17.1 Å². The molecule has 0 bridgehead atoms. The summed E-state index contributed by atoms with van der Waals surface area (Å²) in [5.41, 5.74) is 2.26. The van der Waals surface area contributed by atoms with Crippen LogP contribution in [0, 0.1) is 0 Å². The lowest BCUT2D eigenvalue weighted by atomic mass is 10.1. The highest BCUT2D eigenvalue weighted by Crippen LogP contribution is 2.24. The molecule has 3 aromatic rings. The van der Waals surface area contributed by atoms with E-state index in [0.29, 0.717) is 28.5 Å². The number of anilines is 1. The van der Waals surface area contributed by atoms with Crippen molar-refractivity contribution in [2.75, 3.05) is 12.4 Å². The van der Waals surface area contributed by atoms with Crippen LogP contribution >= 0.6 is 0 Å². The van der Waals surface area contributed by atoms with Gasteiger partial charge in [0.15, 0.2) is 5.65 Å². The predicted molar refractivity (Wildman–Crippen MR) is 109 cm³/mol. The van der Waals surface area contributed by atoms with Crippen LogP contribution in [0.25, 0.3) is 16.6 Å². The van der Waals surface area contributed by atoms with Crippen LogP contribution in [0.3, 0.4) is 0 Å². The summed E-state index contributed by atoms with van der Waals surface area (Å²) in [6, 6.07) is 8.99. The number of hydrogen-bond donors (Lipinski definition) is 1. The van der Waals surface area contributed by atoms with E-state index in [-0.39, 0.29) is 7.33 Å². The maximum absolute atomic E-state index is 12.7. The first-order valence-electron chi connectivity index (χ1n) is 8.19. The van der Waals surface area contributed by atoms with Crippen LogP contribution < -0.4 is 10.1 Å². The molecule has 0 unspecified atom stereocenters. The first-order chi connectivity index (χ1) is 13.2. The van der Waals surface area contributed by atoms with E-state index in [9.17, 15) is 4.79 Å². The number of nitrogens with zero attached hydrogens (tertiary/aromatic N) is 3. The Morgan fingerprint density at radius 2 is 2.11 bits per heavy atom. The van der Waals surface area contributed by atoms with E-state index in [4.69, 9.17) is 4.74 Å². The van der Waals surface area contributed by atoms with Crippen molar-refractivity contribution in [1.29, 1.82) is 0 Å². The zero-order chi connectivity index (χ0) is 19.2. The number of pyridine rings is 3. The molecule has 1 N–H and O–H groups in total. The molecule has 0 saturated carbocycles. The van der Waals surface area contributed by atoms with Gasteiger partial charge in [0.2, 0.25) is 0 Å². The van der Waals surface area contributed by atoms with E-state index in [1.807, 2.05) is 18.2 Å². The molecule has 6 nitrogen and oxygen atoms in total. The summed E-state index contributed by atoms with van der Waals surface area (Å²) >= 11 is 0. The molecule has 0 aliphatic heterocycles. The van der Waals surface area contributed by atoms with Gasteiger partial charge in [-0.3, -0.25) is 9.78 Å². The molecule has 3 aromatic heterocycles. The number of fused-ring (bicyclic) bond motifs is 1. The maximum atomic E-state index is 12.7. The second-order valence-corrected chi connectivity index (χ2v) is 5.53. The Balaban J connectivity index is 0.00000280. The number of ether oxygens (including phenoxy) is 1. The highest BCUT2D eigenvalue weighted by atomic mass is 16.5. The van der Waals surface area contributed by atoms with Gasteiger partial charge in [0.05, 0.1) is 12.8 Å². The van der Waals surface area contributed by atoms with E-state index in [1.54, 1.807) is 36.6 Å². The Kier molecular flexibility index (Phi) is 5.37. The van der Waals surface area contributed by atoms with Crippen LogP contribution in [0.5, 0.6) is 5.75 Å². The highest BCUT2D eigenvalue weighted by Gasteiger charge is 2.15. The van der Waals surface area contributed by atoms with Crippen molar-refractivity contribution in [3.8, 4) is 5.75 Å². The molecule has 0 aliphatic carbocycles. The molecule has 0 fully saturated rings. The minimum absolute atomic E-state index is 0. The summed E-state index contributed by atoms with van der Waals surface area (Å²) in [7, 11) is 1.50. The molecule has 3 rings (SSSR count). The van der Waals surface area contributed by atoms with Crippen molar-refractivity contribution in [2.24, 2.45) is 0 Å². The summed E-state index contributed by atoms with van der Waals surface area (Å²) in [6.07, 6.45) is 8.20. The molecular formula is C21H20N4O2. The zero-order valence-corrected chi connectivity index (χ0v) is 14.8. The Bertz CT molecular complexity index is 1060. The number of allylic oxidation sites excluding steroid dienone is 4. The van der Waals surface area contributed by atoms with Crippen LogP contribution in [0.15, 0.2) is 74.1 Å². The van der Waals surface area contributed by atoms with Gasteiger partial charge in [-0.15, -0.1) is 0 Å². The average Bonchev–Trinajstić information content (AvgIpc) is 2.71. The van der Waals surface area contributed by atoms with E-state index in [0.717, 1.165) is 11.0 Å².